The SMILES string of the molecule is c1ccc(-c2nc(-c3ccccc3)nc(-c3cccc4c3oc3ccc(-c5ccc(-c6ccccc6)c6c5sc5ccccc56)cc34)n2)cc1. The van der Waals surface area contributed by atoms with Gasteiger partial charge in [-0.3, -0.25) is 0 Å². The summed E-state index contributed by atoms with van der Waals surface area (Å²) in [7, 11) is 0. The number of hydrogen-bond acceptors (Lipinski definition) is 5. The topological polar surface area (TPSA) is 51.8 Å². The molecular weight excluding hydrogens is 631 g/mol. The number of benzene rings is 7. The second-order valence-corrected chi connectivity index (χ2v) is 13.4. The number of para-hydroxylation sites is 1. The molecular formula is C45H27N3OS. The summed E-state index contributed by atoms with van der Waals surface area (Å²) in [6, 6.07) is 56.8. The number of thiophene rings is 1. The quantitative estimate of drug-likeness (QED) is 0.185. The lowest BCUT2D eigenvalue weighted by molar-refractivity contribution is 0.669. The zero-order chi connectivity index (χ0) is 33.0. The summed E-state index contributed by atoms with van der Waals surface area (Å²) >= 11 is 1.86. The second kappa shape index (κ2) is 11.6. The molecule has 5 heteroatoms. The minimum atomic E-state index is 0.575. The molecule has 3 heterocycles. The molecule has 0 saturated heterocycles. The number of furan rings is 1. The van der Waals surface area contributed by atoms with Crippen molar-refractivity contribution in [3.8, 4) is 56.4 Å². The average molecular weight is 658 g/mol. The van der Waals surface area contributed by atoms with E-state index in [2.05, 4.69) is 97.1 Å². The molecule has 0 atom stereocenters. The first-order valence-electron chi connectivity index (χ1n) is 16.6. The van der Waals surface area contributed by atoms with Crippen molar-refractivity contribution in [2.75, 3.05) is 0 Å². The van der Waals surface area contributed by atoms with Gasteiger partial charge in [0.1, 0.15) is 11.2 Å². The molecule has 0 aliphatic carbocycles. The fourth-order valence-corrected chi connectivity index (χ4v) is 8.25. The van der Waals surface area contributed by atoms with Crippen molar-refractivity contribution in [1.29, 1.82) is 0 Å². The molecule has 0 fully saturated rings. The summed E-state index contributed by atoms with van der Waals surface area (Å²) in [5.41, 5.74) is 9.12. The fraction of sp³-hybridized carbons (Fsp3) is 0. The minimum Gasteiger partial charge on any atom is -0.455 e. The Kier molecular flexibility index (Phi) is 6.64. The third kappa shape index (κ3) is 4.71. The summed E-state index contributed by atoms with van der Waals surface area (Å²) in [5, 5.41) is 4.67. The van der Waals surface area contributed by atoms with E-state index in [0.29, 0.717) is 17.5 Å². The number of hydrogen-bond donors (Lipinski definition) is 0. The number of nitrogens with zero attached hydrogens (tertiary/aromatic N) is 3. The highest BCUT2D eigenvalue weighted by Gasteiger charge is 2.20. The highest BCUT2D eigenvalue weighted by Crippen LogP contribution is 2.46. The van der Waals surface area contributed by atoms with Crippen LogP contribution in [0.1, 0.15) is 0 Å². The number of aromatic nitrogens is 3. The van der Waals surface area contributed by atoms with E-state index in [1.807, 2.05) is 78.1 Å². The van der Waals surface area contributed by atoms with E-state index in [1.165, 1.54) is 36.9 Å². The van der Waals surface area contributed by atoms with Crippen molar-refractivity contribution < 1.29 is 4.42 Å². The van der Waals surface area contributed by atoms with Gasteiger partial charge in [-0.05, 0) is 46.5 Å². The Balaban J connectivity index is 1.16. The molecule has 0 radical (unpaired) electrons. The zero-order valence-corrected chi connectivity index (χ0v) is 27.6. The molecule has 0 unspecified atom stereocenters. The van der Waals surface area contributed by atoms with E-state index >= 15 is 0 Å². The van der Waals surface area contributed by atoms with Crippen molar-refractivity contribution in [2.45, 2.75) is 0 Å². The largest absolute Gasteiger partial charge is 0.455 e. The molecule has 10 rings (SSSR count). The highest BCUT2D eigenvalue weighted by molar-refractivity contribution is 7.26. The molecule has 234 valence electrons. The van der Waals surface area contributed by atoms with Crippen LogP contribution in [0.25, 0.3) is 98.5 Å². The lowest BCUT2D eigenvalue weighted by Gasteiger charge is -2.10. The van der Waals surface area contributed by atoms with Gasteiger partial charge in [-0.25, -0.2) is 15.0 Å². The average Bonchev–Trinajstić information content (AvgIpc) is 3.77. The Morgan fingerprint density at radius 1 is 0.400 bits per heavy atom. The van der Waals surface area contributed by atoms with Gasteiger partial charge in [0.15, 0.2) is 17.5 Å². The van der Waals surface area contributed by atoms with Crippen molar-refractivity contribution in [2.24, 2.45) is 0 Å². The molecule has 4 nitrogen and oxygen atoms in total. The summed E-state index contributed by atoms with van der Waals surface area (Å²) in [4.78, 5) is 14.9. The van der Waals surface area contributed by atoms with Crippen LogP contribution in [0.15, 0.2) is 168 Å². The summed E-state index contributed by atoms with van der Waals surface area (Å²) < 4.78 is 9.21. The van der Waals surface area contributed by atoms with Crippen LogP contribution < -0.4 is 0 Å². The van der Waals surface area contributed by atoms with Gasteiger partial charge in [-0.2, -0.15) is 0 Å². The van der Waals surface area contributed by atoms with E-state index in [0.717, 1.165) is 44.2 Å². The molecule has 50 heavy (non-hydrogen) atoms. The maximum atomic E-state index is 6.63. The Hall–Kier alpha value is -6.43. The van der Waals surface area contributed by atoms with Crippen LogP contribution in [0.2, 0.25) is 0 Å². The van der Waals surface area contributed by atoms with E-state index in [4.69, 9.17) is 19.4 Å². The second-order valence-electron chi connectivity index (χ2n) is 12.4. The molecule has 0 bridgehead atoms. The Morgan fingerprint density at radius 2 is 1.00 bits per heavy atom. The monoisotopic (exact) mass is 657 g/mol. The van der Waals surface area contributed by atoms with Crippen LogP contribution in [-0.4, -0.2) is 15.0 Å². The minimum absolute atomic E-state index is 0.575. The van der Waals surface area contributed by atoms with Crippen LogP contribution in [0.4, 0.5) is 0 Å². The first kappa shape index (κ1) is 28.6. The van der Waals surface area contributed by atoms with Gasteiger partial charge < -0.3 is 4.42 Å². The third-order valence-electron chi connectivity index (χ3n) is 9.36. The lowest BCUT2D eigenvalue weighted by Crippen LogP contribution is -2.00. The van der Waals surface area contributed by atoms with Gasteiger partial charge in [0.05, 0.1) is 5.56 Å². The van der Waals surface area contributed by atoms with Crippen LogP contribution in [0.5, 0.6) is 0 Å². The molecule has 0 aliphatic heterocycles. The lowest BCUT2D eigenvalue weighted by atomic mass is 9.94. The van der Waals surface area contributed by atoms with E-state index in [-0.39, 0.29) is 0 Å². The maximum absolute atomic E-state index is 6.63. The van der Waals surface area contributed by atoms with Crippen LogP contribution in [0, 0.1) is 0 Å². The first-order chi connectivity index (χ1) is 24.8. The molecule has 10 aromatic rings. The molecule has 0 N–H and O–H groups in total. The predicted octanol–water partition coefficient (Wildman–Crippen LogP) is 12.5. The molecule has 0 amide bonds. The first-order valence-corrected chi connectivity index (χ1v) is 17.4. The Morgan fingerprint density at radius 3 is 1.72 bits per heavy atom. The molecule has 0 aliphatic rings. The predicted molar refractivity (Wildman–Crippen MR) is 207 cm³/mol. The summed E-state index contributed by atoms with van der Waals surface area (Å²) in [6.07, 6.45) is 0. The third-order valence-corrected chi connectivity index (χ3v) is 10.6. The van der Waals surface area contributed by atoms with Gasteiger partial charge in [0.2, 0.25) is 0 Å². The van der Waals surface area contributed by atoms with E-state index < -0.39 is 0 Å². The smallest absolute Gasteiger partial charge is 0.167 e. The maximum Gasteiger partial charge on any atom is 0.167 e. The summed E-state index contributed by atoms with van der Waals surface area (Å²) in [6.45, 7) is 0. The van der Waals surface area contributed by atoms with Crippen molar-refractivity contribution in [3.63, 3.8) is 0 Å². The van der Waals surface area contributed by atoms with Crippen LogP contribution >= 0.6 is 11.3 Å². The van der Waals surface area contributed by atoms with Gasteiger partial charge in [-0.1, -0.05) is 140 Å². The van der Waals surface area contributed by atoms with Gasteiger partial charge in [0.25, 0.3) is 0 Å². The standard InChI is InChI=1S/C45H27N3OS/c1-4-13-28(14-5-1)32-24-25-33(42-40(32)35-19-10-11-22-39(35)50-42)31-23-26-38-37(27-31)34-20-12-21-36(41(34)49-38)45-47-43(29-15-6-2-7-16-29)46-44(48-45)30-17-8-3-9-18-30/h1-27H. The fourth-order valence-electron chi connectivity index (χ4n) is 6.98. The molecule has 7 aromatic carbocycles. The van der Waals surface area contributed by atoms with Crippen molar-refractivity contribution in [3.05, 3.63) is 164 Å². The van der Waals surface area contributed by atoms with E-state index in [9.17, 15) is 0 Å². The van der Waals surface area contributed by atoms with Crippen molar-refractivity contribution in [1.82, 2.24) is 15.0 Å². The normalized spacial score (nSPS) is 11.6. The van der Waals surface area contributed by atoms with Gasteiger partial charge >= 0.3 is 0 Å². The molecule has 0 saturated carbocycles. The van der Waals surface area contributed by atoms with Gasteiger partial charge in [0, 0.05) is 42.1 Å². The van der Waals surface area contributed by atoms with Crippen molar-refractivity contribution >= 4 is 53.4 Å². The highest BCUT2D eigenvalue weighted by atomic mass is 32.1. The van der Waals surface area contributed by atoms with Gasteiger partial charge in [-0.15, -0.1) is 11.3 Å². The number of rotatable bonds is 5. The zero-order valence-electron chi connectivity index (χ0n) is 26.7. The number of fused-ring (bicyclic) bond motifs is 6. The van der Waals surface area contributed by atoms with Crippen LogP contribution in [-0.2, 0) is 0 Å². The molecule has 3 aromatic heterocycles. The van der Waals surface area contributed by atoms with E-state index in [1.54, 1.807) is 0 Å². The Labute approximate surface area is 292 Å². The molecule has 0 spiro atoms. The summed E-state index contributed by atoms with van der Waals surface area (Å²) in [5.74, 6) is 1.82. The Bertz CT molecular complexity index is 2800. The van der Waals surface area contributed by atoms with Crippen LogP contribution in [0.3, 0.4) is 0 Å².